The second kappa shape index (κ2) is 5.79. The summed E-state index contributed by atoms with van der Waals surface area (Å²) in [5.41, 5.74) is 4.00. The zero-order chi connectivity index (χ0) is 15.6. The van der Waals surface area contributed by atoms with Gasteiger partial charge in [0.1, 0.15) is 0 Å². The molecule has 0 radical (unpaired) electrons. The number of hydrogen-bond acceptors (Lipinski definition) is 6. The van der Waals surface area contributed by atoms with Crippen LogP contribution in [-0.4, -0.2) is 20.1 Å². The van der Waals surface area contributed by atoms with Crippen molar-refractivity contribution in [2.24, 2.45) is 0 Å². The van der Waals surface area contributed by atoms with Crippen LogP contribution in [0.2, 0.25) is 0 Å². The molecular formula is C17H17N5O. The third-order valence-electron chi connectivity index (χ3n) is 3.88. The maximum Gasteiger partial charge on any atom is 0.223 e. The molecule has 23 heavy (non-hydrogen) atoms. The van der Waals surface area contributed by atoms with Crippen LogP contribution < -0.4 is 5.32 Å². The Labute approximate surface area is 134 Å². The summed E-state index contributed by atoms with van der Waals surface area (Å²) in [7, 11) is 0. The Kier molecular flexibility index (Phi) is 3.49. The maximum atomic E-state index is 5.38. The molecule has 0 aliphatic heterocycles. The summed E-state index contributed by atoms with van der Waals surface area (Å²) in [6.45, 7) is 2.59. The van der Waals surface area contributed by atoms with Crippen molar-refractivity contribution >= 4 is 5.95 Å². The third kappa shape index (κ3) is 3.06. The van der Waals surface area contributed by atoms with Gasteiger partial charge in [-0.2, -0.15) is 0 Å². The fourth-order valence-electron chi connectivity index (χ4n) is 2.51. The highest BCUT2D eigenvalue weighted by Crippen LogP contribution is 2.43. The predicted molar refractivity (Wildman–Crippen MR) is 85.8 cm³/mol. The van der Waals surface area contributed by atoms with Gasteiger partial charge < -0.3 is 9.84 Å². The Morgan fingerprint density at radius 2 is 2.09 bits per heavy atom. The van der Waals surface area contributed by atoms with Crippen molar-refractivity contribution in [1.82, 2.24) is 20.1 Å². The molecule has 0 bridgehead atoms. The number of hydrogen-bond donors (Lipinski definition) is 1. The second-order valence-corrected chi connectivity index (χ2v) is 5.81. The number of aromatic nitrogens is 4. The van der Waals surface area contributed by atoms with Crippen molar-refractivity contribution < 1.29 is 4.52 Å². The van der Waals surface area contributed by atoms with Gasteiger partial charge >= 0.3 is 0 Å². The van der Waals surface area contributed by atoms with Crippen molar-refractivity contribution in [3.05, 3.63) is 53.7 Å². The summed E-state index contributed by atoms with van der Waals surface area (Å²) in [4.78, 5) is 13.2. The molecule has 6 nitrogen and oxygen atoms in total. The lowest BCUT2D eigenvalue weighted by atomic mass is 10.1. The van der Waals surface area contributed by atoms with Gasteiger partial charge in [0.15, 0.2) is 5.76 Å². The highest BCUT2D eigenvalue weighted by Gasteiger charge is 2.29. The van der Waals surface area contributed by atoms with E-state index in [9.17, 15) is 0 Å². The molecule has 1 fully saturated rings. The van der Waals surface area contributed by atoms with E-state index < -0.39 is 0 Å². The summed E-state index contributed by atoms with van der Waals surface area (Å²) in [6, 6.07) is 5.87. The SMILES string of the molecule is Cc1cc(-c2cnc(NCc3ccncc3)nc2C2CC2)on1. The van der Waals surface area contributed by atoms with Crippen LogP contribution in [0.1, 0.15) is 35.7 Å². The van der Waals surface area contributed by atoms with E-state index in [-0.39, 0.29) is 0 Å². The minimum atomic E-state index is 0.500. The number of aryl methyl sites for hydroxylation is 1. The monoisotopic (exact) mass is 307 g/mol. The molecule has 0 saturated heterocycles. The molecule has 1 aliphatic rings. The van der Waals surface area contributed by atoms with Crippen molar-refractivity contribution in [3.63, 3.8) is 0 Å². The molecule has 116 valence electrons. The topological polar surface area (TPSA) is 76.7 Å². The largest absolute Gasteiger partial charge is 0.356 e. The van der Waals surface area contributed by atoms with Crippen molar-refractivity contribution in [3.8, 4) is 11.3 Å². The van der Waals surface area contributed by atoms with E-state index in [0.29, 0.717) is 18.4 Å². The fraction of sp³-hybridized carbons (Fsp3) is 0.294. The van der Waals surface area contributed by atoms with E-state index in [1.165, 1.54) is 12.8 Å². The number of rotatable bonds is 5. The zero-order valence-electron chi connectivity index (χ0n) is 12.9. The highest BCUT2D eigenvalue weighted by atomic mass is 16.5. The van der Waals surface area contributed by atoms with Gasteiger partial charge in [-0.05, 0) is 37.5 Å². The molecule has 0 atom stereocenters. The van der Waals surface area contributed by atoms with Crippen molar-refractivity contribution in [2.45, 2.75) is 32.2 Å². The maximum absolute atomic E-state index is 5.38. The minimum absolute atomic E-state index is 0.500. The molecule has 3 aromatic rings. The number of anilines is 1. The van der Waals surface area contributed by atoms with Crippen LogP contribution in [-0.2, 0) is 6.54 Å². The second-order valence-electron chi connectivity index (χ2n) is 5.81. The average Bonchev–Trinajstić information content (AvgIpc) is 3.35. The van der Waals surface area contributed by atoms with E-state index in [1.54, 1.807) is 12.4 Å². The highest BCUT2D eigenvalue weighted by molar-refractivity contribution is 5.61. The van der Waals surface area contributed by atoms with Gasteiger partial charge in [0, 0.05) is 37.1 Å². The van der Waals surface area contributed by atoms with Crippen molar-refractivity contribution in [1.29, 1.82) is 0 Å². The molecule has 6 heteroatoms. The van der Waals surface area contributed by atoms with Gasteiger partial charge in [-0.25, -0.2) is 9.97 Å². The lowest BCUT2D eigenvalue weighted by Crippen LogP contribution is -2.06. The van der Waals surface area contributed by atoms with E-state index in [0.717, 1.165) is 28.3 Å². The summed E-state index contributed by atoms with van der Waals surface area (Å²) in [5.74, 6) is 1.88. The van der Waals surface area contributed by atoms with Gasteiger partial charge in [0.25, 0.3) is 0 Å². The summed E-state index contributed by atoms with van der Waals surface area (Å²) >= 11 is 0. The van der Waals surface area contributed by atoms with Gasteiger partial charge in [0.2, 0.25) is 5.95 Å². The summed E-state index contributed by atoms with van der Waals surface area (Å²) < 4.78 is 5.38. The third-order valence-corrected chi connectivity index (χ3v) is 3.88. The Morgan fingerprint density at radius 1 is 1.26 bits per heavy atom. The average molecular weight is 307 g/mol. The number of nitrogens with zero attached hydrogens (tertiary/aromatic N) is 4. The molecule has 4 rings (SSSR count). The zero-order valence-corrected chi connectivity index (χ0v) is 12.9. The molecule has 3 aromatic heterocycles. The fourth-order valence-corrected chi connectivity index (χ4v) is 2.51. The summed E-state index contributed by atoms with van der Waals surface area (Å²) in [6.07, 6.45) is 7.73. The first-order valence-corrected chi connectivity index (χ1v) is 7.73. The molecule has 0 unspecified atom stereocenters. The molecule has 3 heterocycles. The Balaban J connectivity index is 1.59. The number of pyridine rings is 1. The van der Waals surface area contributed by atoms with Crippen molar-refractivity contribution in [2.75, 3.05) is 5.32 Å². The van der Waals surface area contributed by atoms with Crippen LogP contribution in [0.5, 0.6) is 0 Å². The van der Waals surface area contributed by atoms with Gasteiger partial charge in [0.05, 0.1) is 17.0 Å². The first-order chi connectivity index (χ1) is 11.3. The van der Waals surface area contributed by atoms with E-state index in [1.807, 2.05) is 31.3 Å². The number of nitrogens with one attached hydrogen (secondary N) is 1. The van der Waals surface area contributed by atoms with E-state index >= 15 is 0 Å². The molecule has 0 aromatic carbocycles. The summed E-state index contributed by atoms with van der Waals surface area (Å²) in [5, 5.41) is 7.23. The molecule has 1 aliphatic carbocycles. The van der Waals surface area contributed by atoms with Crippen LogP contribution in [0.15, 0.2) is 41.3 Å². The van der Waals surface area contributed by atoms with E-state index in [4.69, 9.17) is 9.51 Å². The molecule has 0 spiro atoms. The predicted octanol–water partition coefficient (Wildman–Crippen LogP) is 3.32. The smallest absolute Gasteiger partial charge is 0.223 e. The Hall–Kier alpha value is -2.76. The first kappa shape index (κ1) is 13.9. The van der Waals surface area contributed by atoms with E-state index in [2.05, 4.69) is 20.4 Å². The Morgan fingerprint density at radius 3 is 2.78 bits per heavy atom. The van der Waals surface area contributed by atoms with Crippen LogP contribution >= 0.6 is 0 Å². The lowest BCUT2D eigenvalue weighted by molar-refractivity contribution is 0.426. The van der Waals surface area contributed by atoms with Crippen LogP contribution in [0.3, 0.4) is 0 Å². The normalized spacial score (nSPS) is 14.0. The van der Waals surface area contributed by atoms with Gasteiger partial charge in [-0.3, -0.25) is 4.98 Å². The molecule has 1 saturated carbocycles. The standard InChI is InChI=1S/C17H17N5O/c1-11-8-15(23-22-11)14-10-20-17(21-16(14)13-2-3-13)19-9-12-4-6-18-7-5-12/h4-8,10,13H,2-3,9H2,1H3,(H,19,20,21). The van der Waals surface area contributed by atoms with Crippen LogP contribution in [0, 0.1) is 6.92 Å². The molecular weight excluding hydrogens is 290 g/mol. The Bertz CT molecular complexity index is 811. The molecule has 1 N–H and O–H groups in total. The quantitative estimate of drug-likeness (QED) is 0.779. The van der Waals surface area contributed by atoms with Crippen LogP contribution in [0.25, 0.3) is 11.3 Å². The first-order valence-electron chi connectivity index (χ1n) is 7.73. The van der Waals surface area contributed by atoms with Crippen LogP contribution in [0.4, 0.5) is 5.95 Å². The van der Waals surface area contributed by atoms with Gasteiger partial charge in [-0.15, -0.1) is 0 Å². The van der Waals surface area contributed by atoms with Gasteiger partial charge in [-0.1, -0.05) is 5.16 Å². The lowest BCUT2D eigenvalue weighted by Gasteiger charge is -2.09. The molecule has 0 amide bonds. The minimum Gasteiger partial charge on any atom is -0.356 e.